The largest absolute Gasteiger partial charge is 0.507 e. The second kappa shape index (κ2) is 6.08. The number of aliphatic hydroxyl groups is 1. The Morgan fingerprint density at radius 1 is 1.00 bits per heavy atom. The van der Waals surface area contributed by atoms with Crippen molar-refractivity contribution in [2.45, 2.75) is 13.2 Å². The van der Waals surface area contributed by atoms with Crippen molar-refractivity contribution in [3.8, 4) is 11.5 Å². The van der Waals surface area contributed by atoms with E-state index in [0.717, 1.165) is 11.1 Å². The number of aliphatic hydroxyl groups excluding tert-OH is 1. The summed E-state index contributed by atoms with van der Waals surface area (Å²) in [6.07, 6.45) is 0. The van der Waals surface area contributed by atoms with Crippen LogP contribution in [0.5, 0.6) is 11.5 Å². The Kier molecular flexibility index (Phi) is 4.22. The van der Waals surface area contributed by atoms with Gasteiger partial charge >= 0.3 is 0 Å². The third-order valence-electron chi connectivity index (χ3n) is 2.87. The van der Waals surface area contributed by atoms with Gasteiger partial charge in [-0.25, -0.2) is 0 Å². The fourth-order valence-corrected chi connectivity index (χ4v) is 1.87. The van der Waals surface area contributed by atoms with Crippen molar-refractivity contribution in [1.29, 1.82) is 0 Å². The van der Waals surface area contributed by atoms with E-state index in [0.29, 0.717) is 0 Å². The molecule has 0 aliphatic rings. The number of carbonyl (C=O) groups is 1. The fourth-order valence-electron chi connectivity index (χ4n) is 1.87. The van der Waals surface area contributed by atoms with E-state index < -0.39 is 5.91 Å². The maximum Gasteiger partial charge on any atom is 0.259 e. The first kappa shape index (κ1) is 13.9. The van der Waals surface area contributed by atoms with Crippen LogP contribution >= 0.6 is 0 Å². The first-order valence-corrected chi connectivity index (χ1v) is 6.09. The number of phenolic OH excluding ortho intramolecular Hbond substituents is 2. The summed E-state index contributed by atoms with van der Waals surface area (Å²) in [5.41, 5.74) is 1.42. The minimum Gasteiger partial charge on any atom is -0.507 e. The molecule has 0 atom stereocenters. The zero-order valence-electron chi connectivity index (χ0n) is 10.7. The molecule has 0 aliphatic heterocycles. The highest BCUT2D eigenvalue weighted by Crippen LogP contribution is 2.25. The van der Waals surface area contributed by atoms with Crippen LogP contribution in [0.4, 0.5) is 0 Å². The molecular weight excluding hydrogens is 258 g/mol. The molecule has 2 rings (SSSR count). The predicted octanol–water partition coefficient (Wildman–Crippen LogP) is 1.52. The maximum atomic E-state index is 11.9. The van der Waals surface area contributed by atoms with Crippen LogP contribution in [0.15, 0.2) is 42.5 Å². The first-order chi connectivity index (χ1) is 9.61. The highest BCUT2D eigenvalue weighted by atomic mass is 16.3. The molecule has 4 N–H and O–H groups in total. The van der Waals surface area contributed by atoms with Crippen LogP contribution < -0.4 is 5.32 Å². The molecule has 0 aromatic heterocycles. The molecule has 5 heteroatoms. The van der Waals surface area contributed by atoms with Gasteiger partial charge in [0.05, 0.1) is 6.61 Å². The van der Waals surface area contributed by atoms with E-state index in [1.54, 1.807) is 18.2 Å². The van der Waals surface area contributed by atoms with Gasteiger partial charge in [0.2, 0.25) is 0 Å². The monoisotopic (exact) mass is 273 g/mol. The van der Waals surface area contributed by atoms with E-state index in [9.17, 15) is 15.0 Å². The van der Waals surface area contributed by atoms with Gasteiger partial charge in [-0.3, -0.25) is 4.79 Å². The third kappa shape index (κ3) is 3.07. The summed E-state index contributed by atoms with van der Waals surface area (Å²) in [7, 11) is 0. The summed E-state index contributed by atoms with van der Waals surface area (Å²) in [5.74, 6) is -1.10. The number of amides is 1. The van der Waals surface area contributed by atoms with Gasteiger partial charge in [-0.15, -0.1) is 0 Å². The highest BCUT2D eigenvalue weighted by Gasteiger charge is 2.15. The molecule has 5 nitrogen and oxygen atoms in total. The number of hydrogen-bond donors (Lipinski definition) is 4. The smallest absolute Gasteiger partial charge is 0.259 e. The van der Waals surface area contributed by atoms with Crippen molar-refractivity contribution in [3.63, 3.8) is 0 Å². The molecule has 1 amide bonds. The minimum atomic E-state index is -0.560. The van der Waals surface area contributed by atoms with Crippen LogP contribution in [-0.4, -0.2) is 21.2 Å². The standard InChI is InChI=1S/C15H15NO4/c17-9-11-4-1-3-10(7-11)8-16-15(20)14-12(18)5-2-6-13(14)19/h1-7,17-19H,8-9H2,(H,16,20). The molecule has 2 aromatic rings. The summed E-state index contributed by atoms with van der Waals surface area (Å²) >= 11 is 0. The summed E-state index contributed by atoms with van der Waals surface area (Å²) in [4.78, 5) is 11.9. The third-order valence-corrected chi connectivity index (χ3v) is 2.87. The molecule has 2 aromatic carbocycles. The van der Waals surface area contributed by atoms with Crippen LogP contribution in [-0.2, 0) is 13.2 Å². The second-order valence-corrected chi connectivity index (χ2v) is 4.33. The van der Waals surface area contributed by atoms with E-state index in [1.165, 1.54) is 18.2 Å². The number of nitrogens with one attached hydrogen (secondary N) is 1. The maximum absolute atomic E-state index is 11.9. The SMILES string of the molecule is O=C(NCc1cccc(CO)c1)c1c(O)cccc1O. The molecular formula is C15H15NO4. The van der Waals surface area contributed by atoms with Gasteiger partial charge in [-0.1, -0.05) is 30.3 Å². The first-order valence-electron chi connectivity index (χ1n) is 6.09. The molecule has 0 heterocycles. The number of phenols is 2. The Morgan fingerprint density at radius 2 is 1.60 bits per heavy atom. The van der Waals surface area contributed by atoms with Crippen molar-refractivity contribution < 1.29 is 20.1 Å². The van der Waals surface area contributed by atoms with E-state index in [4.69, 9.17) is 5.11 Å². The minimum absolute atomic E-state index is 0.0674. The van der Waals surface area contributed by atoms with Gasteiger partial charge in [-0.05, 0) is 23.3 Å². The van der Waals surface area contributed by atoms with Gasteiger partial charge < -0.3 is 20.6 Å². The van der Waals surface area contributed by atoms with Crippen molar-refractivity contribution in [2.24, 2.45) is 0 Å². The zero-order valence-corrected chi connectivity index (χ0v) is 10.7. The lowest BCUT2D eigenvalue weighted by molar-refractivity contribution is 0.0945. The number of hydrogen-bond acceptors (Lipinski definition) is 4. The lowest BCUT2D eigenvalue weighted by atomic mass is 10.1. The summed E-state index contributed by atoms with van der Waals surface area (Å²) in [6, 6.07) is 11.3. The van der Waals surface area contributed by atoms with E-state index >= 15 is 0 Å². The van der Waals surface area contributed by atoms with Crippen LogP contribution in [0.3, 0.4) is 0 Å². The van der Waals surface area contributed by atoms with E-state index in [-0.39, 0.29) is 30.2 Å². The van der Waals surface area contributed by atoms with Crippen molar-refractivity contribution in [2.75, 3.05) is 0 Å². The quantitative estimate of drug-likeness (QED) is 0.680. The number of carbonyl (C=O) groups excluding carboxylic acids is 1. The van der Waals surface area contributed by atoms with Crippen molar-refractivity contribution in [3.05, 3.63) is 59.2 Å². The average molecular weight is 273 g/mol. The Morgan fingerprint density at radius 3 is 2.25 bits per heavy atom. The topological polar surface area (TPSA) is 89.8 Å². The number of aromatic hydroxyl groups is 2. The lowest BCUT2D eigenvalue weighted by Crippen LogP contribution is -2.23. The van der Waals surface area contributed by atoms with Gasteiger partial charge in [0.25, 0.3) is 5.91 Å². The van der Waals surface area contributed by atoms with Gasteiger partial charge in [0.1, 0.15) is 17.1 Å². The van der Waals surface area contributed by atoms with Gasteiger partial charge in [0.15, 0.2) is 0 Å². The fraction of sp³-hybridized carbons (Fsp3) is 0.133. The average Bonchev–Trinajstić information content (AvgIpc) is 2.45. The normalized spacial score (nSPS) is 10.2. The van der Waals surface area contributed by atoms with Crippen LogP contribution in [0.25, 0.3) is 0 Å². The van der Waals surface area contributed by atoms with Crippen molar-refractivity contribution in [1.82, 2.24) is 5.32 Å². The van der Waals surface area contributed by atoms with Crippen molar-refractivity contribution >= 4 is 5.91 Å². The Hall–Kier alpha value is -2.53. The molecule has 0 saturated heterocycles. The van der Waals surface area contributed by atoms with E-state index in [2.05, 4.69) is 5.32 Å². The van der Waals surface area contributed by atoms with Crippen LogP contribution in [0, 0.1) is 0 Å². The van der Waals surface area contributed by atoms with Crippen LogP contribution in [0.2, 0.25) is 0 Å². The van der Waals surface area contributed by atoms with E-state index in [1.807, 2.05) is 6.07 Å². The summed E-state index contributed by atoms with van der Waals surface area (Å²) < 4.78 is 0. The predicted molar refractivity (Wildman–Crippen MR) is 73.3 cm³/mol. The Balaban J connectivity index is 2.09. The zero-order chi connectivity index (χ0) is 14.5. The number of benzene rings is 2. The molecule has 20 heavy (non-hydrogen) atoms. The molecule has 0 saturated carbocycles. The molecule has 0 radical (unpaired) electrons. The Labute approximate surface area is 116 Å². The lowest BCUT2D eigenvalue weighted by Gasteiger charge is -2.09. The number of rotatable bonds is 4. The highest BCUT2D eigenvalue weighted by molar-refractivity contribution is 5.99. The second-order valence-electron chi connectivity index (χ2n) is 4.33. The molecule has 104 valence electrons. The molecule has 0 spiro atoms. The summed E-state index contributed by atoms with van der Waals surface area (Å²) in [6.45, 7) is 0.169. The van der Waals surface area contributed by atoms with Crippen LogP contribution in [0.1, 0.15) is 21.5 Å². The summed E-state index contributed by atoms with van der Waals surface area (Å²) in [5, 5.41) is 30.8. The molecule has 0 unspecified atom stereocenters. The Bertz CT molecular complexity index is 605. The molecule has 0 aliphatic carbocycles. The molecule has 0 bridgehead atoms. The van der Waals surface area contributed by atoms with Gasteiger partial charge in [0, 0.05) is 6.54 Å². The molecule has 0 fully saturated rings. The van der Waals surface area contributed by atoms with Gasteiger partial charge in [-0.2, -0.15) is 0 Å².